The van der Waals surface area contributed by atoms with Crippen molar-refractivity contribution in [2.45, 2.75) is 25.7 Å². The molecule has 0 radical (unpaired) electrons. The van der Waals surface area contributed by atoms with Crippen molar-refractivity contribution in [2.75, 3.05) is 20.6 Å². The molecule has 0 saturated heterocycles. The van der Waals surface area contributed by atoms with E-state index in [1.807, 2.05) is 24.3 Å². The van der Waals surface area contributed by atoms with Crippen LogP contribution in [0.15, 0.2) is 30.5 Å². The summed E-state index contributed by atoms with van der Waals surface area (Å²) in [4.78, 5) is 32.4. The summed E-state index contributed by atoms with van der Waals surface area (Å²) in [6.07, 6.45) is 4.95. The number of hydrogen-bond donors (Lipinski definition) is 1. The van der Waals surface area contributed by atoms with Crippen LogP contribution < -0.4 is 5.32 Å². The number of nitrogens with one attached hydrogen (secondary N) is 1. The van der Waals surface area contributed by atoms with Gasteiger partial charge in [0.2, 0.25) is 5.91 Å². The Balaban J connectivity index is 1.55. The second-order valence-electron chi connectivity index (χ2n) is 6.56. The maximum atomic E-state index is 12.4. The summed E-state index contributed by atoms with van der Waals surface area (Å²) >= 11 is 1.57. The topological polar surface area (TPSA) is 62.3 Å². The lowest BCUT2D eigenvalue weighted by Gasteiger charge is -2.21. The normalized spacial score (nSPS) is 16.2. The summed E-state index contributed by atoms with van der Waals surface area (Å²) in [6, 6.07) is 7.77. The van der Waals surface area contributed by atoms with E-state index in [9.17, 15) is 9.59 Å². The van der Waals surface area contributed by atoms with Crippen LogP contribution in [0.3, 0.4) is 0 Å². The number of carbonyl (C=O) groups excluding carboxylic acids is 2. The lowest BCUT2D eigenvalue weighted by atomic mass is 9.87. The van der Waals surface area contributed by atoms with Crippen LogP contribution in [0.2, 0.25) is 0 Å². The molecule has 1 aliphatic carbocycles. The first-order valence-corrected chi connectivity index (χ1v) is 9.37. The number of aryl methyl sites for hydroxylation is 1. The van der Waals surface area contributed by atoms with Gasteiger partial charge in [-0.25, -0.2) is 0 Å². The minimum Gasteiger partial charge on any atom is -0.355 e. The molecule has 5 nitrogen and oxygen atoms in total. The SMILES string of the molecule is CN(C)C(=O)c1cc2c(s1)CCC(C(=O)NCCc1ccccn1)C2. The van der Waals surface area contributed by atoms with E-state index in [-0.39, 0.29) is 17.7 Å². The van der Waals surface area contributed by atoms with E-state index in [2.05, 4.69) is 10.3 Å². The van der Waals surface area contributed by atoms with Crippen molar-refractivity contribution in [1.82, 2.24) is 15.2 Å². The van der Waals surface area contributed by atoms with Gasteiger partial charge in [0.05, 0.1) is 4.88 Å². The predicted octanol–water partition coefficient (Wildman–Crippen LogP) is 2.31. The van der Waals surface area contributed by atoms with Gasteiger partial charge >= 0.3 is 0 Å². The third-order valence-corrected chi connectivity index (χ3v) is 5.70. The van der Waals surface area contributed by atoms with Gasteiger partial charge in [-0.3, -0.25) is 14.6 Å². The fourth-order valence-corrected chi connectivity index (χ4v) is 4.31. The van der Waals surface area contributed by atoms with Crippen molar-refractivity contribution < 1.29 is 9.59 Å². The first kappa shape index (κ1) is 17.6. The van der Waals surface area contributed by atoms with Crippen LogP contribution in [0.4, 0.5) is 0 Å². The van der Waals surface area contributed by atoms with E-state index in [4.69, 9.17) is 0 Å². The zero-order chi connectivity index (χ0) is 17.8. The maximum absolute atomic E-state index is 12.4. The van der Waals surface area contributed by atoms with Gasteiger partial charge in [-0.15, -0.1) is 11.3 Å². The minimum absolute atomic E-state index is 0.00635. The average Bonchev–Trinajstić information content (AvgIpc) is 3.04. The van der Waals surface area contributed by atoms with Crippen molar-refractivity contribution in [3.05, 3.63) is 51.5 Å². The molecule has 3 rings (SSSR count). The largest absolute Gasteiger partial charge is 0.355 e. The quantitative estimate of drug-likeness (QED) is 0.893. The summed E-state index contributed by atoms with van der Waals surface area (Å²) in [5, 5.41) is 3.03. The van der Waals surface area contributed by atoms with Crippen molar-refractivity contribution in [2.24, 2.45) is 5.92 Å². The second kappa shape index (κ2) is 7.78. The summed E-state index contributed by atoms with van der Waals surface area (Å²) in [6.45, 7) is 0.604. The van der Waals surface area contributed by atoms with E-state index in [0.717, 1.165) is 41.8 Å². The third kappa shape index (κ3) is 4.25. The average molecular weight is 357 g/mol. The molecular weight excluding hydrogens is 334 g/mol. The molecule has 1 unspecified atom stereocenters. The van der Waals surface area contributed by atoms with Crippen LogP contribution in [0.5, 0.6) is 0 Å². The smallest absolute Gasteiger partial charge is 0.263 e. The Labute approximate surface area is 152 Å². The van der Waals surface area contributed by atoms with Crippen LogP contribution in [0.25, 0.3) is 0 Å². The van der Waals surface area contributed by atoms with Crippen LogP contribution in [-0.2, 0) is 24.1 Å². The summed E-state index contributed by atoms with van der Waals surface area (Å²) in [5.41, 5.74) is 2.14. The number of thiophene rings is 1. The molecule has 0 fully saturated rings. The van der Waals surface area contributed by atoms with Crippen LogP contribution in [0, 0.1) is 5.92 Å². The van der Waals surface area contributed by atoms with Crippen LogP contribution in [0.1, 0.15) is 32.2 Å². The van der Waals surface area contributed by atoms with Crippen LogP contribution >= 0.6 is 11.3 Å². The fourth-order valence-electron chi connectivity index (χ4n) is 3.08. The van der Waals surface area contributed by atoms with Crippen molar-refractivity contribution in [3.8, 4) is 0 Å². The molecule has 0 saturated carbocycles. The van der Waals surface area contributed by atoms with E-state index in [1.165, 1.54) is 4.88 Å². The van der Waals surface area contributed by atoms with Crippen LogP contribution in [-0.4, -0.2) is 42.3 Å². The van der Waals surface area contributed by atoms with Crippen molar-refractivity contribution in [3.63, 3.8) is 0 Å². The maximum Gasteiger partial charge on any atom is 0.263 e. The summed E-state index contributed by atoms with van der Waals surface area (Å²) < 4.78 is 0. The molecule has 2 heterocycles. The Morgan fingerprint density at radius 2 is 2.20 bits per heavy atom. The highest BCUT2D eigenvalue weighted by Gasteiger charge is 2.27. The van der Waals surface area contributed by atoms with Gasteiger partial charge in [-0.05, 0) is 43.0 Å². The monoisotopic (exact) mass is 357 g/mol. The highest BCUT2D eigenvalue weighted by atomic mass is 32.1. The fraction of sp³-hybridized carbons (Fsp3) is 0.421. The number of nitrogens with zero attached hydrogens (tertiary/aromatic N) is 2. The first-order valence-electron chi connectivity index (χ1n) is 8.55. The Morgan fingerprint density at radius 1 is 1.36 bits per heavy atom. The lowest BCUT2D eigenvalue weighted by Crippen LogP contribution is -2.35. The number of aromatic nitrogens is 1. The van der Waals surface area contributed by atoms with Gasteiger partial charge in [0.1, 0.15) is 0 Å². The molecule has 0 spiro atoms. The molecule has 6 heteroatoms. The molecule has 0 aliphatic heterocycles. The highest BCUT2D eigenvalue weighted by molar-refractivity contribution is 7.14. The van der Waals surface area contributed by atoms with Gasteiger partial charge < -0.3 is 10.2 Å². The first-order chi connectivity index (χ1) is 12.0. The molecular formula is C19H23N3O2S. The number of fused-ring (bicyclic) bond motifs is 1. The minimum atomic E-state index is -0.00635. The number of carbonyl (C=O) groups is 2. The predicted molar refractivity (Wildman–Crippen MR) is 98.8 cm³/mol. The van der Waals surface area contributed by atoms with Gasteiger partial charge in [0.15, 0.2) is 0 Å². The second-order valence-corrected chi connectivity index (χ2v) is 7.70. The van der Waals surface area contributed by atoms with E-state index in [0.29, 0.717) is 6.54 Å². The molecule has 132 valence electrons. The van der Waals surface area contributed by atoms with Crippen molar-refractivity contribution >= 4 is 23.2 Å². The molecule has 25 heavy (non-hydrogen) atoms. The summed E-state index contributed by atoms with van der Waals surface area (Å²) in [5.74, 6) is 0.136. The molecule has 2 aromatic heterocycles. The van der Waals surface area contributed by atoms with E-state index in [1.54, 1.807) is 36.5 Å². The zero-order valence-electron chi connectivity index (χ0n) is 14.6. The van der Waals surface area contributed by atoms with Gasteiger partial charge in [-0.1, -0.05) is 6.07 Å². The van der Waals surface area contributed by atoms with Crippen molar-refractivity contribution in [1.29, 1.82) is 0 Å². The summed E-state index contributed by atoms with van der Waals surface area (Å²) in [7, 11) is 3.53. The Bertz CT molecular complexity index is 755. The molecule has 2 amide bonds. The Kier molecular flexibility index (Phi) is 5.48. The highest BCUT2D eigenvalue weighted by Crippen LogP contribution is 2.32. The molecule has 1 atom stereocenters. The van der Waals surface area contributed by atoms with E-state index >= 15 is 0 Å². The number of rotatable bonds is 5. The lowest BCUT2D eigenvalue weighted by molar-refractivity contribution is -0.125. The zero-order valence-corrected chi connectivity index (χ0v) is 15.4. The molecule has 2 aromatic rings. The van der Waals surface area contributed by atoms with Gasteiger partial charge in [0, 0.05) is 49.7 Å². The Morgan fingerprint density at radius 3 is 2.92 bits per heavy atom. The van der Waals surface area contributed by atoms with Gasteiger partial charge in [0.25, 0.3) is 5.91 Å². The van der Waals surface area contributed by atoms with Gasteiger partial charge in [-0.2, -0.15) is 0 Å². The number of amides is 2. The Hall–Kier alpha value is -2.21. The number of pyridine rings is 1. The number of hydrogen-bond acceptors (Lipinski definition) is 4. The molecule has 0 aromatic carbocycles. The third-order valence-electron chi connectivity index (χ3n) is 4.48. The molecule has 0 bridgehead atoms. The van der Waals surface area contributed by atoms with E-state index < -0.39 is 0 Å². The molecule has 1 aliphatic rings. The standard InChI is InChI=1S/C19H23N3O2S/c1-22(2)19(24)17-12-14-11-13(6-7-16(14)25-17)18(23)21-10-8-15-5-3-4-9-20-15/h3-5,9,12-13H,6-8,10-11H2,1-2H3,(H,21,23). The molecule has 1 N–H and O–H groups in total.